The monoisotopic (exact) mass is 278 g/mol. The van der Waals surface area contributed by atoms with Gasteiger partial charge in [0.2, 0.25) is 6.35 Å². The summed E-state index contributed by atoms with van der Waals surface area (Å²) in [5.74, 6) is 0. The molecule has 0 atom stereocenters. The lowest BCUT2D eigenvalue weighted by atomic mass is 10.1. The van der Waals surface area contributed by atoms with Crippen LogP contribution in [0.3, 0.4) is 0 Å². The van der Waals surface area contributed by atoms with Crippen LogP contribution < -0.4 is 0 Å². The van der Waals surface area contributed by atoms with Crippen molar-refractivity contribution in [3.63, 3.8) is 0 Å². The molecule has 0 spiro atoms. The van der Waals surface area contributed by atoms with Crippen LogP contribution in [0.4, 0.5) is 0 Å². The minimum absolute atomic E-state index is 0.402. The molecule has 0 saturated heterocycles. The second-order valence-electron chi connectivity index (χ2n) is 6.83. The maximum atomic E-state index is 10.7. The van der Waals surface area contributed by atoms with Crippen molar-refractivity contribution in [1.82, 2.24) is 9.80 Å². The second-order valence-corrected chi connectivity index (χ2v) is 6.83. The fourth-order valence-corrected chi connectivity index (χ4v) is 4.19. The first-order chi connectivity index (χ1) is 9.86. The maximum Gasteiger partial charge on any atom is 0.207 e. The number of aliphatic hydroxyl groups is 1. The minimum Gasteiger partial charge on any atom is -0.356 e. The van der Waals surface area contributed by atoms with Crippen LogP contribution in [-0.2, 0) is 0 Å². The maximum absolute atomic E-state index is 10.7. The van der Waals surface area contributed by atoms with Crippen molar-refractivity contribution in [3.05, 3.63) is 12.4 Å². The number of aliphatic hydroxyl groups excluding tert-OH is 1. The number of nitrogens with zero attached hydrogens (tertiary/aromatic N) is 2. The average molecular weight is 278 g/mol. The van der Waals surface area contributed by atoms with Crippen LogP contribution in [0.5, 0.6) is 0 Å². The smallest absolute Gasteiger partial charge is 0.207 e. The molecule has 0 amide bonds. The van der Waals surface area contributed by atoms with E-state index in [-0.39, 0.29) is 0 Å². The Morgan fingerprint density at radius 1 is 0.600 bits per heavy atom. The van der Waals surface area contributed by atoms with E-state index in [2.05, 4.69) is 22.2 Å². The molecule has 1 heterocycles. The third kappa shape index (κ3) is 3.13. The number of rotatable bonds is 2. The van der Waals surface area contributed by atoms with Gasteiger partial charge in [-0.25, -0.2) is 0 Å². The highest BCUT2D eigenvalue weighted by atomic mass is 16.3. The van der Waals surface area contributed by atoms with Gasteiger partial charge in [-0.05, 0) is 25.7 Å². The zero-order valence-corrected chi connectivity index (χ0v) is 12.7. The van der Waals surface area contributed by atoms with Gasteiger partial charge in [0.25, 0.3) is 0 Å². The van der Waals surface area contributed by atoms with Gasteiger partial charge in [-0.2, -0.15) is 0 Å². The molecule has 0 bridgehead atoms. The fraction of sp³-hybridized carbons (Fsp3) is 0.882. The van der Waals surface area contributed by atoms with Gasteiger partial charge in [0, 0.05) is 24.5 Å². The average Bonchev–Trinajstić information content (AvgIpc) is 2.74. The van der Waals surface area contributed by atoms with Crippen molar-refractivity contribution in [3.8, 4) is 0 Å². The summed E-state index contributed by atoms with van der Waals surface area (Å²) in [6, 6.07) is 1.11. The van der Waals surface area contributed by atoms with Crippen LogP contribution in [0.15, 0.2) is 12.4 Å². The predicted molar refractivity (Wildman–Crippen MR) is 81.8 cm³/mol. The molecular formula is C17H30N2O. The molecule has 114 valence electrons. The first kappa shape index (κ1) is 14.2. The highest BCUT2D eigenvalue weighted by Crippen LogP contribution is 2.31. The van der Waals surface area contributed by atoms with Gasteiger partial charge in [-0.1, -0.05) is 51.4 Å². The van der Waals surface area contributed by atoms with Gasteiger partial charge in [0.1, 0.15) is 0 Å². The van der Waals surface area contributed by atoms with Crippen LogP contribution in [0.1, 0.15) is 77.0 Å². The minimum atomic E-state index is -0.402. The zero-order chi connectivity index (χ0) is 13.8. The molecule has 0 unspecified atom stereocenters. The fourth-order valence-electron chi connectivity index (χ4n) is 4.19. The van der Waals surface area contributed by atoms with Crippen LogP contribution in [0, 0.1) is 0 Å². The molecule has 3 rings (SSSR count). The van der Waals surface area contributed by atoms with E-state index in [1.54, 1.807) is 0 Å². The Labute approximate surface area is 123 Å². The van der Waals surface area contributed by atoms with Crippen molar-refractivity contribution < 1.29 is 5.11 Å². The van der Waals surface area contributed by atoms with Gasteiger partial charge in [0.05, 0.1) is 0 Å². The van der Waals surface area contributed by atoms with Crippen molar-refractivity contribution in [2.24, 2.45) is 0 Å². The van der Waals surface area contributed by atoms with E-state index in [0.29, 0.717) is 12.1 Å². The van der Waals surface area contributed by atoms with Gasteiger partial charge >= 0.3 is 0 Å². The quantitative estimate of drug-likeness (QED) is 0.778. The third-order valence-electron chi connectivity index (χ3n) is 5.44. The SMILES string of the molecule is OC1N(C2CCCCCC2)C=CN1C1CCCCCC1. The Bertz CT molecular complexity index is 285. The highest BCUT2D eigenvalue weighted by Gasteiger charge is 2.33. The summed E-state index contributed by atoms with van der Waals surface area (Å²) in [4.78, 5) is 4.46. The summed E-state index contributed by atoms with van der Waals surface area (Å²) < 4.78 is 0. The lowest BCUT2D eigenvalue weighted by Crippen LogP contribution is -2.47. The molecule has 0 aromatic rings. The second kappa shape index (κ2) is 6.84. The molecule has 0 aromatic heterocycles. The summed E-state index contributed by atoms with van der Waals surface area (Å²) in [7, 11) is 0. The third-order valence-corrected chi connectivity index (χ3v) is 5.44. The van der Waals surface area contributed by atoms with Crippen LogP contribution in [-0.4, -0.2) is 33.3 Å². The van der Waals surface area contributed by atoms with E-state index in [0.717, 1.165) is 0 Å². The van der Waals surface area contributed by atoms with Crippen LogP contribution in [0.25, 0.3) is 0 Å². The van der Waals surface area contributed by atoms with E-state index in [1.165, 1.54) is 77.0 Å². The molecule has 2 fully saturated rings. The van der Waals surface area contributed by atoms with Crippen molar-refractivity contribution >= 4 is 0 Å². The summed E-state index contributed by atoms with van der Waals surface area (Å²) in [5, 5.41) is 10.7. The van der Waals surface area contributed by atoms with Crippen molar-refractivity contribution in [2.45, 2.75) is 95.5 Å². The Morgan fingerprint density at radius 2 is 0.950 bits per heavy atom. The predicted octanol–water partition coefficient (Wildman–Crippen LogP) is 3.80. The lowest BCUT2D eigenvalue weighted by molar-refractivity contribution is -0.0850. The molecule has 0 radical (unpaired) electrons. The molecule has 2 saturated carbocycles. The van der Waals surface area contributed by atoms with Gasteiger partial charge in [-0.3, -0.25) is 0 Å². The lowest BCUT2D eigenvalue weighted by Gasteiger charge is -2.37. The topological polar surface area (TPSA) is 26.7 Å². The van der Waals surface area contributed by atoms with Crippen molar-refractivity contribution in [2.75, 3.05) is 0 Å². The Hall–Kier alpha value is -0.700. The molecule has 2 aliphatic carbocycles. The summed E-state index contributed by atoms with van der Waals surface area (Å²) in [6.45, 7) is 0. The Morgan fingerprint density at radius 3 is 1.30 bits per heavy atom. The zero-order valence-electron chi connectivity index (χ0n) is 12.7. The highest BCUT2D eigenvalue weighted by molar-refractivity contribution is 4.99. The van der Waals surface area contributed by atoms with Crippen molar-refractivity contribution in [1.29, 1.82) is 0 Å². The van der Waals surface area contributed by atoms with E-state index in [9.17, 15) is 5.11 Å². The standard InChI is InChI=1S/C17H30N2O/c20-17-18(15-9-5-1-2-6-10-15)13-14-19(17)16-11-7-3-4-8-12-16/h13-17,20H,1-12H2. The van der Waals surface area contributed by atoms with Gasteiger partial charge in [0.15, 0.2) is 0 Å². The molecule has 1 N–H and O–H groups in total. The van der Waals surface area contributed by atoms with Crippen LogP contribution >= 0.6 is 0 Å². The molecule has 0 aromatic carbocycles. The molecular weight excluding hydrogens is 248 g/mol. The van der Waals surface area contributed by atoms with E-state index >= 15 is 0 Å². The largest absolute Gasteiger partial charge is 0.356 e. The molecule has 20 heavy (non-hydrogen) atoms. The summed E-state index contributed by atoms with van der Waals surface area (Å²) >= 11 is 0. The molecule has 3 aliphatic rings. The van der Waals surface area contributed by atoms with E-state index in [1.807, 2.05) is 0 Å². The molecule has 3 nitrogen and oxygen atoms in total. The normalized spacial score (nSPS) is 27.9. The van der Waals surface area contributed by atoms with Gasteiger partial charge < -0.3 is 14.9 Å². The number of hydrogen-bond donors (Lipinski definition) is 1. The molecule has 3 heteroatoms. The first-order valence-electron chi connectivity index (χ1n) is 8.77. The van der Waals surface area contributed by atoms with E-state index in [4.69, 9.17) is 0 Å². The Balaban J connectivity index is 1.61. The van der Waals surface area contributed by atoms with Gasteiger partial charge in [-0.15, -0.1) is 0 Å². The molecule has 1 aliphatic heterocycles. The number of hydrogen-bond acceptors (Lipinski definition) is 3. The van der Waals surface area contributed by atoms with Crippen LogP contribution in [0.2, 0.25) is 0 Å². The summed E-state index contributed by atoms with van der Waals surface area (Å²) in [6.07, 6.45) is 19.7. The van der Waals surface area contributed by atoms with E-state index < -0.39 is 6.35 Å². The first-order valence-corrected chi connectivity index (χ1v) is 8.77. The Kier molecular flexibility index (Phi) is 4.87. The summed E-state index contributed by atoms with van der Waals surface area (Å²) in [5.41, 5.74) is 0.